The van der Waals surface area contributed by atoms with E-state index in [1.165, 1.54) is 17.7 Å². The highest BCUT2D eigenvalue weighted by Gasteiger charge is 2.22. The number of nitrogens with two attached hydrogens (primary N) is 1. The maximum atomic E-state index is 6.28. The van der Waals surface area contributed by atoms with E-state index in [1.807, 2.05) is 30.2 Å². The minimum Gasteiger partial charge on any atom is -0.326 e. The first kappa shape index (κ1) is 15.5. The van der Waals surface area contributed by atoms with E-state index >= 15 is 0 Å². The summed E-state index contributed by atoms with van der Waals surface area (Å²) < 4.78 is 0. The Morgan fingerprint density at radius 3 is 2.83 bits per heavy atom. The first-order chi connectivity index (χ1) is 8.70. The highest BCUT2D eigenvalue weighted by molar-refractivity contribution is 7.98. The Bertz CT molecular complexity index is 318. The molecule has 0 amide bonds. The molecule has 0 aliphatic heterocycles. The van der Waals surface area contributed by atoms with E-state index in [2.05, 4.69) is 36.2 Å². The molecule has 0 saturated carbocycles. The van der Waals surface area contributed by atoms with Crippen LogP contribution in [-0.2, 0) is 0 Å². The molecule has 0 fully saturated rings. The Balaban J connectivity index is 2.72. The number of rotatable bonds is 8. The number of pyridine rings is 1. The lowest BCUT2D eigenvalue weighted by Gasteiger charge is -2.32. The number of thioether (sulfide) groups is 1. The Hall–Kier alpha value is -0.580. The van der Waals surface area contributed by atoms with Crippen molar-refractivity contribution in [2.24, 2.45) is 5.73 Å². The lowest BCUT2D eigenvalue weighted by atomic mass is 9.98. The van der Waals surface area contributed by atoms with E-state index in [4.69, 9.17) is 5.73 Å². The van der Waals surface area contributed by atoms with Crippen molar-refractivity contribution in [1.29, 1.82) is 0 Å². The van der Waals surface area contributed by atoms with E-state index in [1.54, 1.807) is 0 Å². The molecule has 0 aliphatic rings. The standard InChI is InChI=1S/C14H25N3S/c1-4-13(15)14(12-7-5-8-16-11-12)17(2)9-6-10-18-3/h5,7-8,11,13-14H,4,6,9-10,15H2,1-3H3. The van der Waals surface area contributed by atoms with Crippen LogP contribution in [0.1, 0.15) is 31.4 Å². The molecule has 0 aromatic carbocycles. The van der Waals surface area contributed by atoms with E-state index in [0.29, 0.717) is 0 Å². The zero-order valence-electron chi connectivity index (χ0n) is 11.7. The molecule has 2 N–H and O–H groups in total. The van der Waals surface area contributed by atoms with E-state index in [0.717, 1.165) is 13.0 Å². The number of nitrogens with zero attached hydrogens (tertiary/aromatic N) is 2. The van der Waals surface area contributed by atoms with E-state index < -0.39 is 0 Å². The van der Waals surface area contributed by atoms with E-state index in [9.17, 15) is 0 Å². The van der Waals surface area contributed by atoms with Gasteiger partial charge < -0.3 is 5.73 Å². The molecule has 0 spiro atoms. The molecule has 1 aromatic rings. The summed E-state index contributed by atoms with van der Waals surface area (Å²) in [6.07, 6.45) is 8.07. The molecule has 3 nitrogen and oxygen atoms in total. The van der Waals surface area contributed by atoms with Gasteiger partial charge >= 0.3 is 0 Å². The zero-order valence-corrected chi connectivity index (χ0v) is 12.5. The van der Waals surface area contributed by atoms with Gasteiger partial charge in [0, 0.05) is 18.4 Å². The van der Waals surface area contributed by atoms with Gasteiger partial charge in [0.05, 0.1) is 6.04 Å². The van der Waals surface area contributed by atoms with Gasteiger partial charge in [0.1, 0.15) is 0 Å². The lowest BCUT2D eigenvalue weighted by molar-refractivity contribution is 0.210. The fourth-order valence-electron chi connectivity index (χ4n) is 2.20. The molecule has 0 radical (unpaired) electrons. The summed E-state index contributed by atoms with van der Waals surface area (Å²) in [5.41, 5.74) is 7.50. The number of hydrogen-bond donors (Lipinski definition) is 1. The summed E-state index contributed by atoms with van der Waals surface area (Å²) in [5.74, 6) is 1.20. The summed E-state index contributed by atoms with van der Waals surface area (Å²) in [6.45, 7) is 3.22. The second kappa shape index (κ2) is 8.51. The second-order valence-electron chi connectivity index (χ2n) is 4.63. The highest BCUT2D eigenvalue weighted by atomic mass is 32.2. The SMILES string of the molecule is CCC(N)C(c1cccnc1)N(C)CCCSC. The topological polar surface area (TPSA) is 42.1 Å². The molecule has 0 saturated heterocycles. The van der Waals surface area contributed by atoms with Crippen LogP contribution >= 0.6 is 11.8 Å². The Morgan fingerprint density at radius 1 is 1.50 bits per heavy atom. The smallest absolute Gasteiger partial charge is 0.0511 e. The molecule has 18 heavy (non-hydrogen) atoms. The fraction of sp³-hybridized carbons (Fsp3) is 0.643. The van der Waals surface area contributed by atoms with Crippen molar-refractivity contribution < 1.29 is 0 Å². The number of likely N-dealkylation sites (N-methyl/N-ethyl adjacent to an activating group) is 1. The minimum atomic E-state index is 0.161. The normalized spacial score (nSPS) is 14.7. The number of hydrogen-bond acceptors (Lipinski definition) is 4. The summed E-state index contributed by atoms with van der Waals surface area (Å²) in [4.78, 5) is 6.58. The van der Waals surface area contributed by atoms with Crippen molar-refractivity contribution in [3.05, 3.63) is 30.1 Å². The summed E-state index contributed by atoms with van der Waals surface area (Å²) in [7, 11) is 2.16. The third-order valence-corrected chi connectivity index (χ3v) is 3.93. The summed E-state index contributed by atoms with van der Waals surface area (Å²) in [5, 5.41) is 0. The van der Waals surface area contributed by atoms with Crippen molar-refractivity contribution in [3.8, 4) is 0 Å². The number of aromatic nitrogens is 1. The maximum absolute atomic E-state index is 6.28. The molecule has 102 valence electrons. The third kappa shape index (κ3) is 4.59. The molecule has 0 aliphatic carbocycles. The largest absolute Gasteiger partial charge is 0.326 e. The average Bonchev–Trinajstić information content (AvgIpc) is 2.40. The Labute approximate surface area is 115 Å². The molecule has 0 bridgehead atoms. The van der Waals surface area contributed by atoms with Gasteiger partial charge in [0.2, 0.25) is 0 Å². The monoisotopic (exact) mass is 267 g/mol. The Morgan fingerprint density at radius 2 is 2.28 bits per heavy atom. The molecular formula is C14H25N3S. The van der Waals surface area contributed by atoms with Crippen molar-refractivity contribution in [2.75, 3.05) is 25.6 Å². The molecule has 1 heterocycles. The van der Waals surface area contributed by atoms with E-state index in [-0.39, 0.29) is 12.1 Å². The fourth-order valence-corrected chi connectivity index (χ4v) is 2.62. The van der Waals surface area contributed by atoms with Gasteiger partial charge in [-0.1, -0.05) is 13.0 Å². The van der Waals surface area contributed by atoms with Crippen molar-refractivity contribution in [2.45, 2.75) is 31.8 Å². The average molecular weight is 267 g/mol. The third-order valence-electron chi connectivity index (χ3n) is 3.24. The van der Waals surface area contributed by atoms with Crippen molar-refractivity contribution in [1.82, 2.24) is 9.88 Å². The minimum absolute atomic E-state index is 0.161. The van der Waals surface area contributed by atoms with Gasteiger partial charge in [0.25, 0.3) is 0 Å². The molecule has 1 rings (SSSR count). The molecule has 1 aromatic heterocycles. The van der Waals surface area contributed by atoms with Gasteiger partial charge in [-0.3, -0.25) is 9.88 Å². The van der Waals surface area contributed by atoms with Crippen LogP contribution in [0.3, 0.4) is 0 Å². The van der Waals surface area contributed by atoms with Gasteiger partial charge in [-0.15, -0.1) is 0 Å². The predicted molar refractivity (Wildman–Crippen MR) is 80.9 cm³/mol. The lowest BCUT2D eigenvalue weighted by Crippen LogP contribution is -2.39. The zero-order chi connectivity index (χ0) is 13.4. The first-order valence-corrected chi connectivity index (χ1v) is 7.94. The second-order valence-corrected chi connectivity index (χ2v) is 5.62. The predicted octanol–water partition coefficient (Wildman–Crippen LogP) is 2.54. The van der Waals surface area contributed by atoms with Gasteiger partial charge in [-0.2, -0.15) is 11.8 Å². The molecule has 2 atom stereocenters. The van der Waals surface area contributed by atoms with Crippen LogP contribution in [0.15, 0.2) is 24.5 Å². The molecule has 4 heteroatoms. The molecule has 2 unspecified atom stereocenters. The van der Waals surface area contributed by atoms with Gasteiger partial charge in [-0.25, -0.2) is 0 Å². The van der Waals surface area contributed by atoms with Crippen molar-refractivity contribution >= 4 is 11.8 Å². The van der Waals surface area contributed by atoms with Gasteiger partial charge in [-0.05, 0) is 50.1 Å². The molecular weight excluding hydrogens is 242 g/mol. The van der Waals surface area contributed by atoms with Crippen LogP contribution in [0.4, 0.5) is 0 Å². The van der Waals surface area contributed by atoms with Crippen LogP contribution in [0, 0.1) is 0 Å². The summed E-state index contributed by atoms with van der Waals surface area (Å²) >= 11 is 1.90. The Kier molecular flexibility index (Phi) is 7.32. The summed E-state index contributed by atoms with van der Waals surface area (Å²) in [6, 6.07) is 4.54. The first-order valence-electron chi connectivity index (χ1n) is 6.55. The van der Waals surface area contributed by atoms with Crippen LogP contribution in [0.5, 0.6) is 0 Å². The quantitative estimate of drug-likeness (QED) is 0.735. The van der Waals surface area contributed by atoms with Crippen LogP contribution < -0.4 is 5.73 Å². The van der Waals surface area contributed by atoms with Crippen LogP contribution in [0.2, 0.25) is 0 Å². The van der Waals surface area contributed by atoms with Crippen LogP contribution in [0.25, 0.3) is 0 Å². The highest BCUT2D eigenvalue weighted by Crippen LogP contribution is 2.23. The van der Waals surface area contributed by atoms with Crippen molar-refractivity contribution in [3.63, 3.8) is 0 Å². The van der Waals surface area contributed by atoms with Crippen LogP contribution in [-0.4, -0.2) is 41.5 Å². The van der Waals surface area contributed by atoms with Gasteiger partial charge in [0.15, 0.2) is 0 Å². The maximum Gasteiger partial charge on any atom is 0.0511 e.